The summed E-state index contributed by atoms with van der Waals surface area (Å²) in [5.41, 5.74) is 2.00. The van der Waals surface area contributed by atoms with Gasteiger partial charge in [0.25, 0.3) is 0 Å². The second-order valence-electron chi connectivity index (χ2n) is 7.89. The van der Waals surface area contributed by atoms with Crippen molar-refractivity contribution in [1.82, 2.24) is 0 Å². The summed E-state index contributed by atoms with van der Waals surface area (Å²) in [7, 11) is -0.609. The molecule has 5 aromatic rings. The minimum atomic E-state index is -0.609. The van der Waals surface area contributed by atoms with Gasteiger partial charge in [-0.15, -0.1) is 11.3 Å². The van der Waals surface area contributed by atoms with Crippen LogP contribution >= 0.6 is 34.0 Å². The molecule has 168 valence electrons. The van der Waals surface area contributed by atoms with E-state index >= 15 is 0 Å². The highest BCUT2D eigenvalue weighted by molar-refractivity contribution is 8.17. The van der Waals surface area contributed by atoms with Crippen molar-refractivity contribution in [2.24, 2.45) is 0 Å². The zero-order valence-corrected chi connectivity index (χ0v) is 21.2. The average Bonchev–Trinajstić information content (AvgIpc) is 3.42. The van der Waals surface area contributed by atoms with Gasteiger partial charge in [0, 0.05) is 15.4 Å². The molecule has 0 unspecified atom stereocenters. The van der Waals surface area contributed by atoms with Crippen molar-refractivity contribution in [3.8, 4) is 0 Å². The van der Waals surface area contributed by atoms with Crippen LogP contribution in [-0.2, 0) is 0 Å². The normalized spacial score (nSPS) is 11.3. The molecule has 4 heteroatoms. The van der Waals surface area contributed by atoms with Crippen LogP contribution in [0.3, 0.4) is 0 Å². The monoisotopic (exact) mass is 496 g/mol. The zero-order chi connectivity index (χ0) is 23.3. The van der Waals surface area contributed by atoms with E-state index in [1.807, 2.05) is 41.8 Å². The van der Waals surface area contributed by atoms with Crippen LogP contribution in [0, 0.1) is 6.92 Å². The van der Waals surface area contributed by atoms with Gasteiger partial charge in [-0.05, 0) is 105 Å². The van der Waals surface area contributed by atoms with Crippen molar-refractivity contribution >= 4 is 39.8 Å². The van der Waals surface area contributed by atoms with E-state index in [2.05, 4.69) is 85.8 Å². The molecule has 0 saturated heterocycles. The minimum absolute atomic E-state index is 0.0854. The lowest BCUT2D eigenvalue weighted by atomic mass is 10.1. The molecule has 0 atom stereocenters. The Morgan fingerprint density at radius 2 is 1.35 bits per heavy atom. The molecule has 5 rings (SSSR count). The Morgan fingerprint density at radius 3 is 1.91 bits per heavy atom. The fraction of sp³-hybridized carbons (Fsp3) is 0.0333. The lowest BCUT2D eigenvalue weighted by Gasteiger charge is -2.24. The van der Waals surface area contributed by atoms with Crippen molar-refractivity contribution in [2.75, 3.05) is 0 Å². The lowest BCUT2D eigenvalue weighted by molar-refractivity contribution is 0.104. The van der Waals surface area contributed by atoms with Gasteiger partial charge in [0.15, 0.2) is 0 Å². The molecule has 0 aliphatic rings. The summed E-state index contributed by atoms with van der Waals surface area (Å²) in [6.07, 6.45) is 0. The molecule has 0 spiro atoms. The van der Waals surface area contributed by atoms with Crippen LogP contribution in [0.2, 0.25) is 0 Å². The molecule has 0 bridgehead atoms. The predicted molar refractivity (Wildman–Crippen MR) is 146 cm³/mol. The van der Waals surface area contributed by atoms with Crippen LogP contribution in [-0.4, -0.2) is 5.78 Å². The number of aryl methyl sites for hydroxylation is 1. The zero-order valence-electron chi connectivity index (χ0n) is 18.7. The predicted octanol–water partition coefficient (Wildman–Crippen LogP) is 8.92. The Balaban J connectivity index is 1.39. The SMILES string of the molecule is Cc1cc([SH](c2ccccc2)c2ccccc2)ccc1Sc1ccc(C(=O)c2cccs2)cc1. The molecule has 0 aliphatic heterocycles. The molecule has 4 aromatic carbocycles. The first kappa shape index (κ1) is 22.7. The van der Waals surface area contributed by atoms with Crippen molar-refractivity contribution in [3.63, 3.8) is 0 Å². The van der Waals surface area contributed by atoms with Gasteiger partial charge in [0.1, 0.15) is 0 Å². The summed E-state index contributed by atoms with van der Waals surface area (Å²) < 4.78 is 0. The molecule has 0 fully saturated rings. The van der Waals surface area contributed by atoms with E-state index in [0.29, 0.717) is 0 Å². The first-order valence-corrected chi connectivity index (χ1v) is 14.1. The van der Waals surface area contributed by atoms with E-state index in [9.17, 15) is 4.79 Å². The third-order valence-electron chi connectivity index (χ3n) is 5.53. The number of ketones is 1. The quantitative estimate of drug-likeness (QED) is 0.179. The molecule has 0 aliphatic carbocycles. The second-order valence-corrected chi connectivity index (χ2v) is 12.2. The van der Waals surface area contributed by atoms with Crippen molar-refractivity contribution in [1.29, 1.82) is 0 Å². The van der Waals surface area contributed by atoms with E-state index < -0.39 is 10.9 Å². The highest BCUT2D eigenvalue weighted by Crippen LogP contribution is 2.51. The van der Waals surface area contributed by atoms with E-state index in [-0.39, 0.29) is 5.78 Å². The van der Waals surface area contributed by atoms with Crippen LogP contribution < -0.4 is 0 Å². The fourth-order valence-corrected chi connectivity index (χ4v) is 7.79. The van der Waals surface area contributed by atoms with Gasteiger partial charge >= 0.3 is 0 Å². The van der Waals surface area contributed by atoms with E-state index in [0.717, 1.165) is 15.3 Å². The third-order valence-corrected chi connectivity index (χ3v) is 10.0. The number of benzene rings is 4. The number of thiol groups is 1. The maximum absolute atomic E-state index is 12.6. The van der Waals surface area contributed by atoms with Gasteiger partial charge < -0.3 is 0 Å². The minimum Gasteiger partial charge on any atom is -0.288 e. The number of hydrogen-bond donors (Lipinski definition) is 1. The molecule has 1 nitrogen and oxygen atoms in total. The summed E-state index contributed by atoms with van der Waals surface area (Å²) in [6, 6.07) is 40.1. The maximum atomic E-state index is 12.6. The molecule has 1 aromatic heterocycles. The number of thiophene rings is 1. The first-order chi connectivity index (χ1) is 16.7. The molecule has 0 amide bonds. The van der Waals surface area contributed by atoms with Crippen LogP contribution in [0.1, 0.15) is 20.8 Å². The second kappa shape index (κ2) is 10.5. The lowest BCUT2D eigenvalue weighted by Crippen LogP contribution is -1.97. The number of rotatable bonds is 7. The van der Waals surface area contributed by atoms with E-state index in [1.165, 1.54) is 36.5 Å². The van der Waals surface area contributed by atoms with Crippen LogP contribution in [0.4, 0.5) is 0 Å². The Morgan fingerprint density at radius 1 is 0.706 bits per heavy atom. The van der Waals surface area contributed by atoms with Crippen molar-refractivity contribution in [2.45, 2.75) is 31.4 Å². The Kier molecular flexibility index (Phi) is 7.00. The Hall–Kier alpha value is -3.05. The number of hydrogen-bond acceptors (Lipinski definition) is 3. The first-order valence-electron chi connectivity index (χ1n) is 11.1. The molecule has 1 heterocycles. The van der Waals surface area contributed by atoms with Crippen LogP contribution in [0.15, 0.2) is 145 Å². The number of carbonyl (C=O) groups excluding carboxylic acids is 1. The highest BCUT2D eigenvalue weighted by atomic mass is 32.2. The standard InChI is InChI=1S/C30H24OS3/c1-22-21-27(34(25-9-4-2-5-10-25)26-11-6-3-7-12-26)18-19-28(22)33-24-16-14-23(15-17-24)30(31)29-13-8-20-32-29/h2-21,34H,1H3. The summed E-state index contributed by atoms with van der Waals surface area (Å²) in [4.78, 5) is 19.8. The Labute approximate surface area is 211 Å². The topological polar surface area (TPSA) is 17.1 Å². The van der Waals surface area contributed by atoms with E-state index in [4.69, 9.17) is 0 Å². The van der Waals surface area contributed by atoms with Gasteiger partial charge in [0.05, 0.1) is 4.88 Å². The molecule has 0 radical (unpaired) electrons. The molecular formula is C30H24OS3. The van der Waals surface area contributed by atoms with Crippen LogP contribution in [0.25, 0.3) is 0 Å². The third kappa shape index (κ3) is 5.05. The van der Waals surface area contributed by atoms with Crippen molar-refractivity contribution < 1.29 is 4.79 Å². The summed E-state index contributed by atoms with van der Waals surface area (Å²) >= 11 is 3.22. The van der Waals surface area contributed by atoms with Gasteiger partial charge in [-0.3, -0.25) is 4.79 Å². The smallest absolute Gasteiger partial charge is 0.202 e. The van der Waals surface area contributed by atoms with Crippen molar-refractivity contribution in [3.05, 3.63) is 137 Å². The summed E-state index contributed by atoms with van der Waals surface area (Å²) in [5, 5.41) is 1.94. The fourth-order valence-electron chi connectivity index (χ4n) is 3.84. The highest BCUT2D eigenvalue weighted by Gasteiger charge is 2.14. The van der Waals surface area contributed by atoms with Gasteiger partial charge in [-0.2, -0.15) is 10.9 Å². The molecule has 34 heavy (non-hydrogen) atoms. The maximum Gasteiger partial charge on any atom is 0.202 e. The molecule has 0 N–H and O–H groups in total. The van der Waals surface area contributed by atoms with E-state index in [1.54, 1.807) is 11.8 Å². The van der Waals surface area contributed by atoms with Crippen LogP contribution in [0.5, 0.6) is 0 Å². The Bertz CT molecular complexity index is 1340. The van der Waals surface area contributed by atoms with Gasteiger partial charge in [0.2, 0.25) is 5.78 Å². The largest absolute Gasteiger partial charge is 0.288 e. The molecule has 0 saturated carbocycles. The number of carbonyl (C=O) groups is 1. The average molecular weight is 497 g/mol. The molecular weight excluding hydrogens is 473 g/mol. The summed E-state index contributed by atoms with van der Waals surface area (Å²) in [6.45, 7) is 2.18. The van der Waals surface area contributed by atoms with Gasteiger partial charge in [-0.1, -0.05) is 54.2 Å². The van der Waals surface area contributed by atoms with Gasteiger partial charge in [-0.25, -0.2) is 0 Å². The summed E-state index contributed by atoms with van der Waals surface area (Å²) in [5.74, 6) is 0.0854.